The number of thiophene rings is 1. The van der Waals surface area contributed by atoms with Crippen LogP contribution in [0.4, 0.5) is 5.69 Å². The molecule has 0 aliphatic heterocycles. The van der Waals surface area contributed by atoms with Crippen molar-refractivity contribution in [3.05, 3.63) is 82.0 Å². The summed E-state index contributed by atoms with van der Waals surface area (Å²) in [6, 6.07) is 17.1. The number of ether oxygens (including phenoxy) is 1. The number of para-hydroxylation sites is 1. The molecule has 1 atom stereocenters. The van der Waals surface area contributed by atoms with E-state index in [1.165, 1.54) is 23.2 Å². The SMILES string of the molecule is COc1cccc([C@H](C(=O)NC2CCCC2)N(C(=O)Cc2cccs2)c2ccccc2C(C)=O)c1. The fourth-order valence-corrected chi connectivity index (χ4v) is 5.32. The number of amides is 2. The first-order valence-corrected chi connectivity index (χ1v) is 12.7. The minimum atomic E-state index is -0.960. The van der Waals surface area contributed by atoms with E-state index >= 15 is 0 Å². The molecule has 4 rings (SSSR count). The summed E-state index contributed by atoms with van der Waals surface area (Å²) in [5.41, 5.74) is 1.45. The summed E-state index contributed by atoms with van der Waals surface area (Å²) in [4.78, 5) is 42.7. The Kier molecular flexibility index (Phi) is 7.98. The van der Waals surface area contributed by atoms with Crippen molar-refractivity contribution in [2.45, 2.75) is 51.1 Å². The zero-order chi connectivity index (χ0) is 24.8. The molecule has 7 heteroatoms. The lowest BCUT2D eigenvalue weighted by atomic mass is 9.99. The first-order valence-electron chi connectivity index (χ1n) is 11.9. The molecule has 1 aliphatic rings. The van der Waals surface area contributed by atoms with Crippen LogP contribution in [0.2, 0.25) is 0 Å². The fourth-order valence-electron chi connectivity index (χ4n) is 4.63. The van der Waals surface area contributed by atoms with Crippen molar-refractivity contribution >= 4 is 34.6 Å². The number of hydrogen-bond donors (Lipinski definition) is 1. The van der Waals surface area contributed by atoms with E-state index < -0.39 is 6.04 Å². The molecule has 3 aromatic rings. The third kappa shape index (κ3) is 5.80. The maximum atomic E-state index is 13.9. The Morgan fingerprint density at radius 3 is 2.51 bits per heavy atom. The highest BCUT2D eigenvalue weighted by atomic mass is 32.1. The molecule has 2 amide bonds. The van der Waals surface area contributed by atoms with Crippen molar-refractivity contribution in [2.75, 3.05) is 12.0 Å². The van der Waals surface area contributed by atoms with Crippen molar-refractivity contribution in [2.24, 2.45) is 0 Å². The molecule has 1 heterocycles. The molecule has 6 nitrogen and oxygen atoms in total. The summed E-state index contributed by atoms with van der Waals surface area (Å²) in [5, 5.41) is 5.09. The number of nitrogens with zero attached hydrogens (tertiary/aromatic N) is 1. The van der Waals surface area contributed by atoms with Crippen molar-refractivity contribution in [1.82, 2.24) is 5.32 Å². The van der Waals surface area contributed by atoms with Crippen LogP contribution in [0, 0.1) is 0 Å². The Hall–Kier alpha value is -3.45. The van der Waals surface area contributed by atoms with Gasteiger partial charge in [-0.1, -0.05) is 43.2 Å². The maximum Gasteiger partial charge on any atom is 0.248 e. The quantitative estimate of drug-likeness (QED) is 0.411. The second kappa shape index (κ2) is 11.3. The highest BCUT2D eigenvalue weighted by Gasteiger charge is 2.36. The van der Waals surface area contributed by atoms with Crippen LogP contribution >= 0.6 is 11.3 Å². The van der Waals surface area contributed by atoms with E-state index in [0.717, 1.165) is 30.6 Å². The number of carbonyl (C=O) groups is 3. The number of Topliss-reactive ketones (excluding diaryl/α,β-unsaturated/α-hetero) is 1. The van der Waals surface area contributed by atoms with Gasteiger partial charge in [0.25, 0.3) is 0 Å². The second-order valence-corrected chi connectivity index (χ2v) is 9.79. The van der Waals surface area contributed by atoms with Crippen molar-refractivity contribution in [3.8, 4) is 5.75 Å². The average Bonchev–Trinajstić information content (AvgIpc) is 3.56. The molecule has 182 valence electrons. The van der Waals surface area contributed by atoms with Gasteiger partial charge in [0.15, 0.2) is 5.78 Å². The molecule has 0 saturated heterocycles. The largest absolute Gasteiger partial charge is 0.497 e. The highest BCUT2D eigenvalue weighted by Crippen LogP contribution is 2.34. The molecule has 1 aliphatic carbocycles. The van der Waals surface area contributed by atoms with E-state index in [4.69, 9.17) is 4.74 Å². The second-order valence-electron chi connectivity index (χ2n) is 8.76. The van der Waals surface area contributed by atoms with Gasteiger partial charge in [0.1, 0.15) is 11.8 Å². The molecule has 0 bridgehead atoms. The van der Waals surface area contributed by atoms with Gasteiger partial charge in [-0.15, -0.1) is 11.3 Å². The van der Waals surface area contributed by atoms with Gasteiger partial charge in [0.05, 0.1) is 19.2 Å². The average molecular weight is 491 g/mol. The summed E-state index contributed by atoms with van der Waals surface area (Å²) in [5.74, 6) is -0.0969. The van der Waals surface area contributed by atoms with Crippen molar-refractivity contribution in [3.63, 3.8) is 0 Å². The number of benzene rings is 2. The number of carbonyl (C=O) groups excluding carboxylic acids is 3. The van der Waals surface area contributed by atoms with Gasteiger partial charge in [-0.25, -0.2) is 0 Å². The highest BCUT2D eigenvalue weighted by molar-refractivity contribution is 7.10. The van der Waals surface area contributed by atoms with Crippen molar-refractivity contribution in [1.29, 1.82) is 0 Å². The van der Waals surface area contributed by atoms with E-state index in [-0.39, 0.29) is 30.1 Å². The number of nitrogens with one attached hydrogen (secondary N) is 1. The van der Waals surface area contributed by atoms with Gasteiger partial charge < -0.3 is 10.1 Å². The van der Waals surface area contributed by atoms with Gasteiger partial charge in [-0.3, -0.25) is 19.3 Å². The first kappa shape index (κ1) is 24.7. The molecule has 0 unspecified atom stereocenters. The Labute approximate surface area is 209 Å². The van der Waals surface area contributed by atoms with Gasteiger partial charge in [0.2, 0.25) is 11.8 Å². The lowest BCUT2D eigenvalue weighted by Crippen LogP contribution is -2.47. The van der Waals surface area contributed by atoms with E-state index in [1.54, 1.807) is 43.5 Å². The van der Waals surface area contributed by atoms with Crippen LogP contribution in [0.1, 0.15) is 59.4 Å². The van der Waals surface area contributed by atoms with Crippen molar-refractivity contribution < 1.29 is 19.1 Å². The molecule has 1 N–H and O–H groups in total. The Morgan fingerprint density at radius 2 is 1.83 bits per heavy atom. The zero-order valence-corrected chi connectivity index (χ0v) is 20.8. The maximum absolute atomic E-state index is 13.9. The zero-order valence-electron chi connectivity index (χ0n) is 20.0. The number of anilines is 1. The van der Waals surface area contributed by atoms with E-state index in [1.807, 2.05) is 29.6 Å². The van der Waals surface area contributed by atoms with Crippen LogP contribution in [0.5, 0.6) is 5.75 Å². The topological polar surface area (TPSA) is 75.7 Å². The van der Waals surface area contributed by atoms with Crippen LogP contribution < -0.4 is 15.0 Å². The number of ketones is 1. The van der Waals surface area contributed by atoms with Crippen LogP contribution in [0.15, 0.2) is 66.0 Å². The summed E-state index contributed by atoms with van der Waals surface area (Å²) in [6.45, 7) is 1.47. The fraction of sp³-hybridized carbons (Fsp3) is 0.321. The van der Waals surface area contributed by atoms with E-state index in [9.17, 15) is 14.4 Å². The monoisotopic (exact) mass is 490 g/mol. The van der Waals surface area contributed by atoms with Crippen LogP contribution in [-0.4, -0.2) is 30.7 Å². The molecular weight excluding hydrogens is 460 g/mol. The molecule has 0 radical (unpaired) electrons. The lowest BCUT2D eigenvalue weighted by Gasteiger charge is -2.33. The first-order chi connectivity index (χ1) is 17.0. The van der Waals surface area contributed by atoms with Gasteiger partial charge >= 0.3 is 0 Å². The molecule has 35 heavy (non-hydrogen) atoms. The Morgan fingerprint density at radius 1 is 1.06 bits per heavy atom. The predicted octanol–water partition coefficient (Wildman–Crippen LogP) is 5.34. The standard InChI is InChI=1S/C28H30N2O4S/c1-19(31)24-14-5-6-15-25(24)30(26(32)18-23-13-8-16-35-23)27(20-9-7-12-22(17-20)34-2)28(33)29-21-10-3-4-11-21/h5-9,12-17,21,27H,3-4,10-11,18H2,1-2H3,(H,29,33)/t27-/m1/s1. The van der Waals surface area contributed by atoms with Gasteiger partial charge in [-0.2, -0.15) is 0 Å². The Bertz CT molecular complexity index is 1190. The normalized spacial score (nSPS) is 14.3. The number of rotatable bonds is 9. The molecule has 1 fully saturated rings. The smallest absolute Gasteiger partial charge is 0.248 e. The molecule has 1 saturated carbocycles. The molecule has 1 aromatic heterocycles. The summed E-state index contributed by atoms with van der Waals surface area (Å²) in [7, 11) is 1.57. The van der Waals surface area contributed by atoms with Crippen LogP contribution in [0.25, 0.3) is 0 Å². The van der Waals surface area contributed by atoms with E-state index in [2.05, 4.69) is 5.32 Å². The molecular formula is C28H30N2O4S. The lowest BCUT2D eigenvalue weighted by molar-refractivity contribution is -0.127. The van der Waals surface area contributed by atoms with Gasteiger partial charge in [-0.05, 0) is 61.0 Å². The third-order valence-electron chi connectivity index (χ3n) is 6.33. The van der Waals surface area contributed by atoms with Gasteiger partial charge in [0, 0.05) is 16.5 Å². The Balaban J connectivity index is 1.84. The van der Waals surface area contributed by atoms with E-state index in [0.29, 0.717) is 22.6 Å². The minimum absolute atomic E-state index is 0.0768. The summed E-state index contributed by atoms with van der Waals surface area (Å²) < 4.78 is 5.42. The minimum Gasteiger partial charge on any atom is -0.497 e. The molecule has 2 aromatic carbocycles. The number of hydrogen-bond acceptors (Lipinski definition) is 5. The number of methoxy groups -OCH3 is 1. The summed E-state index contributed by atoms with van der Waals surface area (Å²) >= 11 is 1.49. The third-order valence-corrected chi connectivity index (χ3v) is 7.21. The van der Waals surface area contributed by atoms with Crippen LogP contribution in [-0.2, 0) is 16.0 Å². The molecule has 0 spiro atoms. The van der Waals surface area contributed by atoms with Crippen LogP contribution in [0.3, 0.4) is 0 Å². The summed E-state index contributed by atoms with van der Waals surface area (Å²) in [6.07, 6.45) is 4.11. The predicted molar refractivity (Wildman–Crippen MR) is 138 cm³/mol.